The fourth-order valence-electron chi connectivity index (χ4n) is 0.959. The molecule has 0 aliphatic rings. The number of ether oxygens (including phenoxy) is 1. The average molecular weight is 185 g/mol. The summed E-state index contributed by atoms with van der Waals surface area (Å²) in [4.78, 5) is 11.3. The topological polar surface area (TPSA) is 52.3 Å². The molecule has 0 rings (SSSR count). The molecular formula is C10H19NO2. The van der Waals surface area contributed by atoms with Crippen molar-refractivity contribution < 1.29 is 9.53 Å². The third-order valence-corrected chi connectivity index (χ3v) is 1.68. The first-order chi connectivity index (χ1) is 6.26. The van der Waals surface area contributed by atoms with Gasteiger partial charge < -0.3 is 10.5 Å². The lowest BCUT2D eigenvalue weighted by atomic mass is 10.2. The maximum atomic E-state index is 11.3. The van der Waals surface area contributed by atoms with Gasteiger partial charge in [0.1, 0.15) is 0 Å². The molecule has 76 valence electrons. The highest BCUT2D eigenvalue weighted by molar-refractivity contribution is 5.88. The molecule has 13 heavy (non-hydrogen) atoms. The van der Waals surface area contributed by atoms with Crippen LogP contribution in [0.5, 0.6) is 0 Å². The van der Waals surface area contributed by atoms with Crippen LogP contribution < -0.4 is 5.73 Å². The van der Waals surface area contributed by atoms with Gasteiger partial charge in [-0.05, 0) is 25.8 Å². The summed E-state index contributed by atoms with van der Waals surface area (Å²) in [6, 6.07) is 0. The molecule has 0 fully saturated rings. The van der Waals surface area contributed by atoms with E-state index in [0.717, 1.165) is 24.8 Å². The Morgan fingerprint density at radius 3 is 2.62 bits per heavy atom. The van der Waals surface area contributed by atoms with Crippen molar-refractivity contribution in [1.82, 2.24) is 0 Å². The molecule has 0 atom stereocenters. The molecule has 3 nitrogen and oxygen atoms in total. The van der Waals surface area contributed by atoms with Crippen molar-refractivity contribution in [3.8, 4) is 0 Å². The second kappa shape index (κ2) is 7.80. The molecular weight excluding hydrogens is 166 g/mol. The largest absolute Gasteiger partial charge is 0.462 e. The first-order valence-electron chi connectivity index (χ1n) is 4.82. The standard InChI is InChI=1S/C10H19NO2/c1-3-6-9(4-2)10(12)13-8-5-7-11/h6H,3-5,7-8,11H2,1-2H3. The molecule has 0 aromatic carbocycles. The summed E-state index contributed by atoms with van der Waals surface area (Å²) >= 11 is 0. The highest BCUT2D eigenvalue weighted by atomic mass is 16.5. The van der Waals surface area contributed by atoms with E-state index in [4.69, 9.17) is 10.5 Å². The van der Waals surface area contributed by atoms with Crippen LogP contribution in [0.15, 0.2) is 11.6 Å². The minimum Gasteiger partial charge on any atom is -0.462 e. The Kier molecular flexibility index (Phi) is 7.30. The Hall–Kier alpha value is -0.830. The van der Waals surface area contributed by atoms with Gasteiger partial charge in [0.2, 0.25) is 0 Å². The van der Waals surface area contributed by atoms with E-state index in [0.29, 0.717) is 13.2 Å². The van der Waals surface area contributed by atoms with Crippen LogP contribution in [0, 0.1) is 0 Å². The van der Waals surface area contributed by atoms with Gasteiger partial charge in [-0.1, -0.05) is 19.9 Å². The molecule has 0 saturated carbocycles. The zero-order valence-corrected chi connectivity index (χ0v) is 8.51. The number of allylic oxidation sites excluding steroid dienone is 1. The SMILES string of the molecule is CCC=C(CC)C(=O)OCCCN. The van der Waals surface area contributed by atoms with Crippen molar-refractivity contribution in [1.29, 1.82) is 0 Å². The molecule has 0 aromatic rings. The lowest BCUT2D eigenvalue weighted by Gasteiger charge is -2.05. The van der Waals surface area contributed by atoms with Crippen LogP contribution in [-0.2, 0) is 9.53 Å². The number of carbonyl (C=O) groups is 1. The molecule has 0 unspecified atom stereocenters. The summed E-state index contributed by atoms with van der Waals surface area (Å²) in [5.74, 6) is -0.196. The Labute approximate surface area is 79.9 Å². The summed E-state index contributed by atoms with van der Waals surface area (Å²) in [6.45, 7) is 4.94. The quantitative estimate of drug-likeness (QED) is 0.388. The predicted molar refractivity (Wildman–Crippen MR) is 53.3 cm³/mol. The number of hydrogen-bond acceptors (Lipinski definition) is 3. The van der Waals surface area contributed by atoms with Crippen LogP contribution in [0.4, 0.5) is 0 Å². The van der Waals surface area contributed by atoms with E-state index in [1.807, 2.05) is 19.9 Å². The zero-order valence-electron chi connectivity index (χ0n) is 8.51. The Morgan fingerprint density at radius 1 is 1.46 bits per heavy atom. The molecule has 0 bridgehead atoms. The van der Waals surface area contributed by atoms with E-state index >= 15 is 0 Å². The highest BCUT2D eigenvalue weighted by Gasteiger charge is 2.06. The minimum absolute atomic E-state index is 0.196. The average Bonchev–Trinajstić information content (AvgIpc) is 2.14. The van der Waals surface area contributed by atoms with Gasteiger partial charge in [-0.15, -0.1) is 0 Å². The van der Waals surface area contributed by atoms with E-state index in [9.17, 15) is 4.79 Å². The highest BCUT2D eigenvalue weighted by Crippen LogP contribution is 2.04. The second-order valence-electron chi connectivity index (χ2n) is 2.77. The van der Waals surface area contributed by atoms with Gasteiger partial charge in [-0.3, -0.25) is 0 Å². The molecule has 0 aromatic heterocycles. The Bertz CT molecular complexity index is 176. The smallest absolute Gasteiger partial charge is 0.333 e. The fourth-order valence-corrected chi connectivity index (χ4v) is 0.959. The van der Waals surface area contributed by atoms with Crippen molar-refractivity contribution in [3.05, 3.63) is 11.6 Å². The van der Waals surface area contributed by atoms with Crippen LogP contribution in [0.2, 0.25) is 0 Å². The maximum absolute atomic E-state index is 11.3. The van der Waals surface area contributed by atoms with Crippen LogP contribution in [0.1, 0.15) is 33.1 Å². The van der Waals surface area contributed by atoms with Gasteiger partial charge in [0.25, 0.3) is 0 Å². The molecule has 0 radical (unpaired) electrons. The summed E-state index contributed by atoms with van der Waals surface area (Å²) in [5.41, 5.74) is 6.04. The van der Waals surface area contributed by atoms with E-state index in [2.05, 4.69) is 0 Å². The molecule has 0 heterocycles. The van der Waals surface area contributed by atoms with Crippen LogP contribution in [0.3, 0.4) is 0 Å². The molecule has 3 heteroatoms. The van der Waals surface area contributed by atoms with Gasteiger partial charge in [-0.25, -0.2) is 4.79 Å². The predicted octanol–water partition coefficient (Wildman–Crippen LogP) is 1.62. The summed E-state index contributed by atoms with van der Waals surface area (Å²) in [6.07, 6.45) is 4.24. The van der Waals surface area contributed by atoms with E-state index < -0.39 is 0 Å². The van der Waals surface area contributed by atoms with Crippen LogP contribution in [-0.4, -0.2) is 19.1 Å². The summed E-state index contributed by atoms with van der Waals surface area (Å²) in [5, 5.41) is 0. The lowest BCUT2D eigenvalue weighted by Crippen LogP contribution is -2.11. The zero-order chi connectivity index (χ0) is 10.1. The van der Waals surface area contributed by atoms with Crippen molar-refractivity contribution in [2.24, 2.45) is 5.73 Å². The third kappa shape index (κ3) is 5.42. The minimum atomic E-state index is -0.196. The molecule has 0 aliphatic carbocycles. The molecule has 0 aliphatic heterocycles. The van der Waals surface area contributed by atoms with Crippen molar-refractivity contribution >= 4 is 5.97 Å². The van der Waals surface area contributed by atoms with E-state index in [-0.39, 0.29) is 5.97 Å². The lowest BCUT2D eigenvalue weighted by molar-refractivity contribution is -0.139. The fraction of sp³-hybridized carbons (Fsp3) is 0.700. The van der Waals surface area contributed by atoms with Gasteiger partial charge >= 0.3 is 5.97 Å². The first-order valence-corrected chi connectivity index (χ1v) is 4.82. The monoisotopic (exact) mass is 185 g/mol. The number of carbonyl (C=O) groups excluding carboxylic acids is 1. The second-order valence-corrected chi connectivity index (χ2v) is 2.77. The van der Waals surface area contributed by atoms with E-state index in [1.54, 1.807) is 0 Å². The number of esters is 1. The molecule has 0 spiro atoms. The van der Waals surface area contributed by atoms with Gasteiger partial charge in [0.15, 0.2) is 0 Å². The summed E-state index contributed by atoms with van der Waals surface area (Å²) < 4.78 is 5.00. The number of hydrogen-bond donors (Lipinski definition) is 1. The van der Waals surface area contributed by atoms with Crippen molar-refractivity contribution in [2.75, 3.05) is 13.2 Å². The van der Waals surface area contributed by atoms with E-state index in [1.165, 1.54) is 0 Å². The van der Waals surface area contributed by atoms with Crippen LogP contribution in [0.25, 0.3) is 0 Å². The third-order valence-electron chi connectivity index (χ3n) is 1.68. The summed E-state index contributed by atoms with van der Waals surface area (Å²) in [7, 11) is 0. The van der Waals surface area contributed by atoms with Gasteiger partial charge in [0.05, 0.1) is 6.61 Å². The van der Waals surface area contributed by atoms with Gasteiger partial charge in [0, 0.05) is 5.57 Å². The van der Waals surface area contributed by atoms with Crippen LogP contribution >= 0.6 is 0 Å². The Balaban J connectivity index is 3.85. The first kappa shape index (κ1) is 12.2. The maximum Gasteiger partial charge on any atom is 0.333 e. The van der Waals surface area contributed by atoms with Gasteiger partial charge in [-0.2, -0.15) is 0 Å². The number of nitrogens with two attached hydrogens (primary N) is 1. The Morgan fingerprint density at radius 2 is 2.15 bits per heavy atom. The normalized spacial score (nSPS) is 11.5. The molecule has 0 saturated heterocycles. The van der Waals surface area contributed by atoms with Crippen molar-refractivity contribution in [2.45, 2.75) is 33.1 Å². The van der Waals surface area contributed by atoms with Crippen molar-refractivity contribution in [3.63, 3.8) is 0 Å². The molecule has 2 N–H and O–H groups in total. The number of rotatable bonds is 6. The molecule has 0 amide bonds.